The van der Waals surface area contributed by atoms with E-state index in [0.717, 1.165) is 30.4 Å². The zero-order valence-corrected chi connectivity index (χ0v) is 22.8. The molecule has 0 saturated heterocycles. The standard InChI is InChI=1S/C31H32Cl2N2O3/c32-26-17-15-24(16-18-26)21-35(29(36)22-38-28-14-8-7-13-27(28)33)30(25-11-5-2-6-12-25)31(37)34-20-19-23-9-3-1-4-10-23/h2,5-9,11-18,30H,1,3-4,10,19-22H2,(H,34,37). The highest BCUT2D eigenvalue weighted by Gasteiger charge is 2.32. The third-order valence-corrected chi connectivity index (χ3v) is 7.14. The summed E-state index contributed by atoms with van der Waals surface area (Å²) in [5.41, 5.74) is 2.96. The molecule has 0 radical (unpaired) electrons. The number of ether oxygens (including phenoxy) is 1. The lowest BCUT2D eigenvalue weighted by molar-refractivity contribution is -0.143. The molecule has 7 heteroatoms. The van der Waals surface area contributed by atoms with Gasteiger partial charge in [0.05, 0.1) is 5.02 Å². The van der Waals surface area contributed by atoms with Crippen LogP contribution in [0.4, 0.5) is 0 Å². The number of para-hydroxylation sites is 1. The molecule has 0 aromatic heterocycles. The van der Waals surface area contributed by atoms with Crippen molar-refractivity contribution in [2.24, 2.45) is 0 Å². The van der Waals surface area contributed by atoms with E-state index >= 15 is 0 Å². The van der Waals surface area contributed by atoms with Crippen LogP contribution >= 0.6 is 23.2 Å². The lowest BCUT2D eigenvalue weighted by Crippen LogP contribution is -2.45. The first-order valence-corrected chi connectivity index (χ1v) is 13.7. The molecule has 38 heavy (non-hydrogen) atoms. The van der Waals surface area contributed by atoms with Gasteiger partial charge in [-0.15, -0.1) is 0 Å². The van der Waals surface area contributed by atoms with Crippen LogP contribution in [0.15, 0.2) is 90.5 Å². The minimum absolute atomic E-state index is 0.208. The molecule has 2 amide bonds. The van der Waals surface area contributed by atoms with Crippen LogP contribution in [0.1, 0.15) is 49.3 Å². The molecule has 0 heterocycles. The van der Waals surface area contributed by atoms with Crippen LogP contribution < -0.4 is 10.1 Å². The predicted molar refractivity (Wildman–Crippen MR) is 152 cm³/mol. The topological polar surface area (TPSA) is 58.6 Å². The normalized spacial score (nSPS) is 13.8. The van der Waals surface area contributed by atoms with E-state index in [9.17, 15) is 9.59 Å². The Labute approximate surface area is 234 Å². The number of halogens is 2. The van der Waals surface area contributed by atoms with Crippen molar-refractivity contribution >= 4 is 35.0 Å². The molecule has 0 saturated carbocycles. The number of carbonyl (C=O) groups is 2. The molecule has 0 bridgehead atoms. The van der Waals surface area contributed by atoms with Gasteiger partial charge in [0.15, 0.2) is 6.61 Å². The molecule has 0 fully saturated rings. The molecule has 0 spiro atoms. The minimum Gasteiger partial charge on any atom is -0.482 e. The molecular weight excluding hydrogens is 519 g/mol. The molecule has 1 aliphatic rings. The lowest BCUT2D eigenvalue weighted by atomic mass is 9.97. The first-order chi connectivity index (χ1) is 18.5. The number of nitrogens with zero attached hydrogens (tertiary/aromatic N) is 1. The van der Waals surface area contributed by atoms with E-state index in [1.807, 2.05) is 42.5 Å². The minimum atomic E-state index is -0.838. The summed E-state index contributed by atoms with van der Waals surface area (Å²) in [7, 11) is 0. The molecule has 0 aliphatic heterocycles. The van der Waals surface area contributed by atoms with Crippen LogP contribution in [0.25, 0.3) is 0 Å². The SMILES string of the molecule is O=C(NCCC1=CCCCC1)C(c1ccccc1)N(Cc1ccc(Cl)cc1)C(=O)COc1ccccc1Cl. The van der Waals surface area contributed by atoms with Gasteiger partial charge in [0.1, 0.15) is 11.8 Å². The van der Waals surface area contributed by atoms with Gasteiger partial charge in [-0.25, -0.2) is 0 Å². The molecule has 1 atom stereocenters. The van der Waals surface area contributed by atoms with Crippen LogP contribution in [-0.4, -0.2) is 29.9 Å². The Morgan fingerprint density at radius 2 is 1.66 bits per heavy atom. The van der Waals surface area contributed by atoms with Crippen LogP contribution in [0.3, 0.4) is 0 Å². The van der Waals surface area contributed by atoms with Gasteiger partial charge in [-0.2, -0.15) is 0 Å². The van der Waals surface area contributed by atoms with E-state index in [1.54, 1.807) is 41.3 Å². The van der Waals surface area contributed by atoms with E-state index in [-0.39, 0.29) is 25.0 Å². The second-order valence-corrected chi connectivity index (χ2v) is 10.2. The molecule has 4 rings (SSSR count). The van der Waals surface area contributed by atoms with Gasteiger partial charge in [0, 0.05) is 18.1 Å². The first-order valence-electron chi connectivity index (χ1n) is 12.9. The number of hydrogen-bond acceptors (Lipinski definition) is 3. The largest absolute Gasteiger partial charge is 0.482 e. The van der Waals surface area contributed by atoms with Crippen LogP contribution in [0.5, 0.6) is 5.75 Å². The number of allylic oxidation sites excluding steroid dienone is 1. The fourth-order valence-corrected chi connectivity index (χ4v) is 4.89. The molecule has 198 valence electrons. The van der Waals surface area contributed by atoms with E-state index in [4.69, 9.17) is 27.9 Å². The highest BCUT2D eigenvalue weighted by molar-refractivity contribution is 6.32. The quantitative estimate of drug-likeness (QED) is 0.258. The summed E-state index contributed by atoms with van der Waals surface area (Å²) in [6.07, 6.45) is 7.70. The molecule has 1 N–H and O–H groups in total. The van der Waals surface area contributed by atoms with Crippen molar-refractivity contribution in [1.82, 2.24) is 10.2 Å². The average Bonchev–Trinajstić information content (AvgIpc) is 2.94. The zero-order valence-electron chi connectivity index (χ0n) is 21.2. The van der Waals surface area contributed by atoms with Crippen LogP contribution in [0.2, 0.25) is 10.0 Å². The van der Waals surface area contributed by atoms with Gasteiger partial charge < -0.3 is 15.0 Å². The number of rotatable bonds is 11. The van der Waals surface area contributed by atoms with Crippen molar-refractivity contribution in [3.8, 4) is 5.75 Å². The second-order valence-electron chi connectivity index (χ2n) is 9.33. The molecule has 1 aliphatic carbocycles. The average molecular weight is 552 g/mol. The van der Waals surface area contributed by atoms with E-state index in [2.05, 4.69) is 11.4 Å². The Kier molecular flexibility index (Phi) is 10.2. The maximum atomic E-state index is 13.7. The predicted octanol–water partition coefficient (Wildman–Crippen LogP) is 7.15. The van der Waals surface area contributed by atoms with E-state index < -0.39 is 6.04 Å². The third-order valence-electron chi connectivity index (χ3n) is 6.58. The van der Waals surface area contributed by atoms with Crippen molar-refractivity contribution in [2.45, 2.75) is 44.7 Å². The number of amides is 2. The lowest BCUT2D eigenvalue weighted by Gasteiger charge is -2.31. The van der Waals surface area contributed by atoms with E-state index in [1.165, 1.54) is 18.4 Å². The summed E-state index contributed by atoms with van der Waals surface area (Å²) < 4.78 is 5.78. The Morgan fingerprint density at radius 1 is 0.921 bits per heavy atom. The molecular formula is C31H32Cl2N2O3. The maximum Gasteiger partial charge on any atom is 0.261 e. The number of carbonyl (C=O) groups excluding carboxylic acids is 2. The number of nitrogens with one attached hydrogen (secondary N) is 1. The fourth-order valence-electron chi connectivity index (χ4n) is 4.58. The summed E-state index contributed by atoms with van der Waals surface area (Å²) in [5.74, 6) is -0.151. The van der Waals surface area contributed by atoms with Gasteiger partial charge in [-0.05, 0) is 67.5 Å². The van der Waals surface area contributed by atoms with Gasteiger partial charge in [-0.3, -0.25) is 9.59 Å². The highest BCUT2D eigenvalue weighted by atomic mass is 35.5. The Balaban J connectivity index is 1.58. The Morgan fingerprint density at radius 3 is 2.37 bits per heavy atom. The monoisotopic (exact) mass is 550 g/mol. The summed E-state index contributed by atoms with van der Waals surface area (Å²) in [4.78, 5) is 28.9. The molecule has 1 unspecified atom stereocenters. The second kappa shape index (κ2) is 14.0. The summed E-state index contributed by atoms with van der Waals surface area (Å²) in [6, 6.07) is 22.8. The van der Waals surface area contributed by atoms with Crippen LogP contribution in [0, 0.1) is 0 Å². The molecule has 5 nitrogen and oxygen atoms in total. The molecule has 3 aromatic carbocycles. The third kappa shape index (κ3) is 7.86. The fraction of sp³-hybridized carbons (Fsp3) is 0.290. The Hall–Kier alpha value is -3.28. The number of benzene rings is 3. The molecule has 3 aromatic rings. The van der Waals surface area contributed by atoms with Crippen molar-refractivity contribution in [2.75, 3.05) is 13.2 Å². The van der Waals surface area contributed by atoms with Gasteiger partial charge >= 0.3 is 0 Å². The van der Waals surface area contributed by atoms with Crippen molar-refractivity contribution in [3.05, 3.63) is 112 Å². The van der Waals surface area contributed by atoms with Crippen LogP contribution in [-0.2, 0) is 16.1 Å². The number of hydrogen-bond donors (Lipinski definition) is 1. The van der Waals surface area contributed by atoms with Crippen molar-refractivity contribution in [3.63, 3.8) is 0 Å². The first kappa shape index (κ1) is 27.7. The summed E-state index contributed by atoms with van der Waals surface area (Å²) in [6.45, 7) is 0.466. The summed E-state index contributed by atoms with van der Waals surface area (Å²) >= 11 is 12.3. The zero-order chi connectivity index (χ0) is 26.7. The maximum absolute atomic E-state index is 13.7. The smallest absolute Gasteiger partial charge is 0.261 e. The highest BCUT2D eigenvalue weighted by Crippen LogP contribution is 2.27. The summed E-state index contributed by atoms with van der Waals surface area (Å²) in [5, 5.41) is 4.10. The Bertz CT molecular complexity index is 1250. The van der Waals surface area contributed by atoms with Gasteiger partial charge in [-0.1, -0.05) is 89.4 Å². The van der Waals surface area contributed by atoms with Gasteiger partial charge in [0.2, 0.25) is 5.91 Å². The van der Waals surface area contributed by atoms with Crippen molar-refractivity contribution in [1.29, 1.82) is 0 Å². The van der Waals surface area contributed by atoms with Gasteiger partial charge in [0.25, 0.3) is 5.91 Å². The van der Waals surface area contributed by atoms with Crippen molar-refractivity contribution < 1.29 is 14.3 Å². The van der Waals surface area contributed by atoms with E-state index in [0.29, 0.717) is 22.3 Å².